The molecule has 3 aliphatic carbocycles. The van der Waals surface area contributed by atoms with Gasteiger partial charge in [0.05, 0.1) is 36.6 Å². The third-order valence-electron chi connectivity index (χ3n) is 8.83. The Hall–Kier alpha value is -3.64. The zero-order valence-corrected chi connectivity index (χ0v) is 23.5. The fourth-order valence-electron chi connectivity index (χ4n) is 6.36. The second-order valence-electron chi connectivity index (χ2n) is 12.0. The lowest BCUT2D eigenvalue weighted by molar-refractivity contribution is -0.144. The van der Waals surface area contributed by atoms with Crippen molar-refractivity contribution in [1.82, 2.24) is 30.2 Å². The fraction of sp³-hybridized carbons (Fsp3) is 0.567. The van der Waals surface area contributed by atoms with Gasteiger partial charge in [0.1, 0.15) is 0 Å². The molecule has 1 unspecified atom stereocenters. The summed E-state index contributed by atoms with van der Waals surface area (Å²) in [5.74, 6) is -3.91. The zero-order chi connectivity index (χ0) is 30.4. The molecule has 0 radical (unpaired) electrons. The molecule has 3 aliphatic rings. The molecule has 0 aromatic carbocycles. The van der Waals surface area contributed by atoms with E-state index in [1.54, 1.807) is 30.7 Å². The number of imidazole rings is 1. The van der Waals surface area contributed by atoms with E-state index in [1.165, 1.54) is 4.52 Å². The van der Waals surface area contributed by atoms with Crippen molar-refractivity contribution in [1.29, 1.82) is 0 Å². The average molecular weight is 605 g/mol. The van der Waals surface area contributed by atoms with E-state index in [1.807, 2.05) is 0 Å². The molecule has 6 rings (SSSR count). The second kappa shape index (κ2) is 11.5. The molecule has 0 aliphatic heterocycles. The minimum absolute atomic E-state index is 0.0894. The van der Waals surface area contributed by atoms with Gasteiger partial charge in [0.2, 0.25) is 11.8 Å². The van der Waals surface area contributed by atoms with Crippen LogP contribution in [0.2, 0.25) is 0 Å². The molecule has 3 heterocycles. The van der Waals surface area contributed by atoms with Crippen LogP contribution in [0.1, 0.15) is 103 Å². The first-order chi connectivity index (χ1) is 20.5. The Morgan fingerprint density at radius 3 is 2.51 bits per heavy atom. The normalized spacial score (nSPS) is 20.0. The van der Waals surface area contributed by atoms with Crippen LogP contribution < -0.4 is 10.6 Å². The number of alkyl halides is 5. The number of aromatic nitrogens is 4. The summed E-state index contributed by atoms with van der Waals surface area (Å²) in [7, 11) is 0. The van der Waals surface area contributed by atoms with Gasteiger partial charge in [-0.15, -0.1) is 0 Å². The Kier molecular flexibility index (Phi) is 7.84. The number of carbonyl (C=O) groups is 2. The summed E-state index contributed by atoms with van der Waals surface area (Å²) >= 11 is 0. The first kappa shape index (κ1) is 29.4. The highest BCUT2D eigenvalue weighted by Crippen LogP contribution is 2.43. The third-order valence-corrected chi connectivity index (χ3v) is 8.83. The molecule has 43 heavy (non-hydrogen) atoms. The van der Waals surface area contributed by atoms with E-state index in [-0.39, 0.29) is 43.4 Å². The quantitative estimate of drug-likeness (QED) is 0.300. The van der Waals surface area contributed by atoms with Crippen LogP contribution in [0.5, 0.6) is 0 Å². The van der Waals surface area contributed by atoms with Crippen LogP contribution in [0.3, 0.4) is 0 Å². The predicted octanol–water partition coefficient (Wildman–Crippen LogP) is 5.82. The molecule has 13 heteroatoms. The summed E-state index contributed by atoms with van der Waals surface area (Å²) in [6.45, 7) is 0. The Bertz CT molecular complexity index is 1510. The average Bonchev–Trinajstić information content (AvgIpc) is 3.52. The van der Waals surface area contributed by atoms with Crippen LogP contribution in [-0.2, 0) is 17.6 Å². The van der Waals surface area contributed by atoms with Gasteiger partial charge in [-0.2, -0.15) is 18.3 Å². The van der Waals surface area contributed by atoms with Crippen LogP contribution in [0, 0.1) is 11.8 Å². The fourth-order valence-corrected chi connectivity index (χ4v) is 6.36. The van der Waals surface area contributed by atoms with Gasteiger partial charge in [-0.05, 0) is 80.0 Å². The van der Waals surface area contributed by atoms with Gasteiger partial charge in [0.25, 0.3) is 5.91 Å². The summed E-state index contributed by atoms with van der Waals surface area (Å²) in [6.07, 6.45) is 2.58. The van der Waals surface area contributed by atoms with Gasteiger partial charge < -0.3 is 10.6 Å². The lowest BCUT2D eigenvalue weighted by atomic mass is 9.81. The maximum atomic E-state index is 14.1. The Morgan fingerprint density at radius 2 is 1.79 bits per heavy atom. The standard InChI is InChI=1S/C30H33F5N6O2/c31-29(32)10-6-18(7-11-29)27(40-28(43)21-9-13-36-22-3-1-2-20(21)22)23-16-41-24(38-23)14-19(15-37-41)26(17-4-5-17)39-25(42)8-12-30(33,34)35/h9,13-18,26-27H,1-8,10-12H2,(H,39,42)(H,40,43)/t26?,27-/m0/s1. The smallest absolute Gasteiger partial charge is 0.349 e. The maximum Gasteiger partial charge on any atom is 0.389 e. The number of hydrogen-bond donors (Lipinski definition) is 2. The van der Waals surface area contributed by atoms with Crippen LogP contribution in [0.4, 0.5) is 22.0 Å². The van der Waals surface area contributed by atoms with Crippen molar-refractivity contribution in [3.05, 3.63) is 58.8 Å². The van der Waals surface area contributed by atoms with Gasteiger partial charge in [-0.1, -0.05) is 0 Å². The number of hydrogen-bond acceptors (Lipinski definition) is 5. The zero-order valence-electron chi connectivity index (χ0n) is 23.5. The monoisotopic (exact) mass is 604 g/mol. The van der Waals surface area contributed by atoms with Crippen LogP contribution >= 0.6 is 0 Å². The van der Waals surface area contributed by atoms with E-state index < -0.39 is 42.9 Å². The molecule has 0 spiro atoms. The van der Waals surface area contributed by atoms with E-state index in [0.29, 0.717) is 22.5 Å². The van der Waals surface area contributed by atoms with E-state index in [4.69, 9.17) is 4.98 Å². The van der Waals surface area contributed by atoms with Crippen molar-refractivity contribution in [2.24, 2.45) is 11.8 Å². The van der Waals surface area contributed by atoms with Crippen molar-refractivity contribution in [2.45, 2.75) is 94.8 Å². The van der Waals surface area contributed by atoms with Gasteiger partial charge in [0, 0.05) is 36.7 Å². The van der Waals surface area contributed by atoms with Crippen LogP contribution in [0.15, 0.2) is 30.7 Å². The first-order valence-corrected chi connectivity index (χ1v) is 14.8. The molecule has 2 amide bonds. The number of pyridine rings is 1. The summed E-state index contributed by atoms with van der Waals surface area (Å²) < 4.78 is 67.5. The molecule has 2 atom stereocenters. The number of carbonyl (C=O) groups excluding carboxylic acids is 2. The molecule has 230 valence electrons. The first-order valence-electron chi connectivity index (χ1n) is 14.8. The van der Waals surface area contributed by atoms with Crippen molar-refractivity contribution in [2.75, 3.05) is 0 Å². The van der Waals surface area contributed by atoms with Gasteiger partial charge in [-0.25, -0.2) is 18.3 Å². The van der Waals surface area contributed by atoms with Crippen molar-refractivity contribution >= 4 is 17.5 Å². The lowest BCUT2D eigenvalue weighted by Crippen LogP contribution is -2.37. The molecule has 2 fully saturated rings. The van der Waals surface area contributed by atoms with E-state index in [0.717, 1.165) is 43.4 Å². The summed E-state index contributed by atoms with van der Waals surface area (Å²) in [5, 5.41) is 10.3. The van der Waals surface area contributed by atoms with E-state index in [2.05, 4.69) is 20.7 Å². The molecular formula is C30H33F5N6O2. The minimum Gasteiger partial charge on any atom is -0.349 e. The van der Waals surface area contributed by atoms with Crippen LogP contribution in [-0.4, -0.2) is 43.5 Å². The minimum atomic E-state index is -4.42. The number of rotatable bonds is 9. The number of nitrogens with one attached hydrogen (secondary N) is 2. The molecule has 0 bridgehead atoms. The highest BCUT2D eigenvalue weighted by molar-refractivity contribution is 5.96. The highest BCUT2D eigenvalue weighted by Gasteiger charge is 2.40. The number of fused-ring (bicyclic) bond motifs is 2. The molecule has 3 aromatic rings. The molecular weight excluding hydrogens is 571 g/mol. The largest absolute Gasteiger partial charge is 0.389 e. The van der Waals surface area contributed by atoms with Crippen molar-refractivity contribution in [3.8, 4) is 0 Å². The Morgan fingerprint density at radius 1 is 1.05 bits per heavy atom. The van der Waals surface area contributed by atoms with Gasteiger partial charge >= 0.3 is 6.18 Å². The number of halogens is 5. The van der Waals surface area contributed by atoms with Crippen LogP contribution in [0.25, 0.3) is 5.65 Å². The van der Waals surface area contributed by atoms with Crippen molar-refractivity contribution < 1.29 is 31.5 Å². The Balaban J connectivity index is 1.26. The summed E-state index contributed by atoms with van der Waals surface area (Å²) in [5.41, 5.74) is 3.88. The summed E-state index contributed by atoms with van der Waals surface area (Å²) in [6, 6.07) is 2.28. The SMILES string of the molecule is O=C(CCC(F)(F)F)NC(c1cnn2cc([C@@H](NC(=O)c3ccnc4c3CCC4)C3CCC(F)(F)CC3)nc2c1)C1CC1. The lowest BCUT2D eigenvalue weighted by Gasteiger charge is -2.33. The van der Waals surface area contributed by atoms with Gasteiger partial charge in [0.15, 0.2) is 5.65 Å². The number of nitrogens with zero attached hydrogens (tertiary/aromatic N) is 4. The second-order valence-corrected chi connectivity index (χ2v) is 12.0. The Labute approximate surface area is 244 Å². The molecule has 8 nitrogen and oxygen atoms in total. The van der Waals surface area contributed by atoms with Crippen molar-refractivity contribution in [3.63, 3.8) is 0 Å². The number of amides is 2. The third kappa shape index (κ3) is 6.80. The predicted molar refractivity (Wildman–Crippen MR) is 145 cm³/mol. The van der Waals surface area contributed by atoms with E-state index >= 15 is 0 Å². The van der Waals surface area contributed by atoms with E-state index in [9.17, 15) is 31.5 Å². The molecule has 0 saturated heterocycles. The topological polar surface area (TPSA) is 101 Å². The van der Waals surface area contributed by atoms with Gasteiger partial charge in [-0.3, -0.25) is 14.6 Å². The molecule has 2 N–H and O–H groups in total. The number of aryl methyl sites for hydroxylation is 1. The highest BCUT2D eigenvalue weighted by atomic mass is 19.4. The maximum absolute atomic E-state index is 14.1. The molecule has 3 aromatic heterocycles. The molecule has 2 saturated carbocycles. The summed E-state index contributed by atoms with van der Waals surface area (Å²) in [4.78, 5) is 35.0.